The van der Waals surface area contributed by atoms with Gasteiger partial charge in [-0.3, -0.25) is 4.79 Å². The van der Waals surface area contributed by atoms with E-state index in [2.05, 4.69) is 10.6 Å². The third-order valence-corrected chi connectivity index (χ3v) is 4.70. The summed E-state index contributed by atoms with van der Waals surface area (Å²) < 4.78 is 14.7. The summed E-state index contributed by atoms with van der Waals surface area (Å²) in [6.07, 6.45) is 2.78. The van der Waals surface area contributed by atoms with Gasteiger partial charge in [-0.05, 0) is 24.8 Å². The van der Waals surface area contributed by atoms with Gasteiger partial charge in [0, 0.05) is 38.5 Å². The third kappa shape index (κ3) is 4.24. The molecule has 0 unspecified atom stereocenters. The molecular formula is C18H24FN3O2. The number of carbonyl (C=O) groups is 2. The molecule has 0 aromatic heterocycles. The van der Waals surface area contributed by atoms with E-state index in [1.165, 1.54) is 0 Å². The van der Waals surface area contributed by atoms with Gasteiger partial charge in [0.25, 0.3) is 5.91 Å². The van der Waals surface area contributed by atoms with Gasteiger partial charge in [-0.25, -0.2) is 9.18 Å². The Morgan fingerprint density at radius 3 is 2.46 bits per heavy atom. The summed E-state index contributed by atoms with van der Waals surface area (Å²) in [6, 6.07) is 9.90. The van der Waals surface area contributed by atoms with Gasteiger partial charge in [0.05, 0.1) is 0 Å². The molecule has 3 rings (SSSR count). The van der Waals surface area contributed by atoms with E-state index in [1.54, 1.807) is 4.90 Å². The minimum atomic E-state index is -1.83. The Hall–Kier alpha value is -2.11. The smallest absolute Gasteiger partial charge is 0.317 e. The fourth-order valence-corrected chi connectivity index (χ4v) is 2.90. The van der Waals surface area contributed by atoms with Crippen LogP contribution in [0.1, 0.15) is 31.2 Å². The molecule has 3 amide bonds. The highest BCUT2D eigenvalue weighted by atomic mass is 19.1. The minimum Gasteiger partial charge on any atom is -0.351 e. The molecule has 1 aromatic rings. The molecule has 2 N–H and O–H groups in total. The molecule has 1 aliphatic carbocycles. The predicted molar refractivity (Wildman–Crippen MR) is 89.4 cm³/mol. The van der Waals surface area contributed by atoms with Gasteiger partial charge < -0.3 is 15.5 Å². The van der Waals surface area contributed by atoms with Gasteiger partial charge in [0.1, 0.15) is 0 Å². The third-order valence-electron chi connectivity index (χ3n) is 4.70. The molecule has 1 aromatic carbocycles. The maximum atomic E-state index is 14.7. The number of urea groups is 1. The normalized spacial score (nSPS) is 19.6. The average molecular weight is 333 g/mol. The van der Waals surface area contributed by atoms with Gasteiger partial charge in [-0.2, -0.15) is 0 Å². The van der Waals surface area contributed by atoms with E-state index >= 15 is 0 Å². The number of hydrogen-bond acceptors (Lipinski definition) is 2. The minimum absolute atomic E-state index is 0.0671. The molecule has 0 radical (unpaired) electrons. The lowest BCUT2D eigenvalue weighted by Crippen LogP contribution is -2.54. The first-order chi connectivity index (χ1) is 11.6. The van der Waals surface area contributed by atoms with Crippen molar-refractivity contribution < 1.29 is 14.0 Å². The lowest BCUT2D eigenvalue weighted by Gasteiger charge is -2.35. The van der Waals surface area contributed by atoms with Crippen LogP contribution in [0.25, 0.3) is 0 Å². The Morgan fingerprint density at radius 1 is 1.17 bits per heavy atom. The van der Waals surface area contributed by atoms with Crippen molar-refractivity contribution in [3.05, 3.63) is 35.9 Å². The Bertz CT molecular complexity index is 581. The number of likely N-dealkylation sites (tertiary alicyclic amines) is 1. The number of halogens is 1. The fraction of sp³-hybridized carbons (Fsp3) is 0.556. The molecule has 5 nitrogen and oxygen atoms in total. The number of piperidine rings is 1. The zero-order valence-electron chi connectivity index (χ0n) is 13.8. The summed E-state index contributed by atoms with van der Waals surface area (Å²) in [4.78, 5) is 25.7. The SMILES string of the molecule is O=C(NCCc1ccccc1)N1CCC(F)(C(=O)NC2CC2)CC1. The number of benzene rings is 1. The maximum Gasteiger partial charge on any atom is 0.317 e. The summed E-state index contributed by atoms with van der Waals surface area (Å²) in [5, 5.41) is 5.59. The van der Waals surface area contributed by atoms with E-state index < -0.39 is 11.6 Å². The van der Waals surface area contributed by atoms with Gasteiger partial charge in [0.2, 0.25) is 0 Å². The number of hydrogen-bond donors (Lipinski definition) is 2. The monoisotopic (exact) mass is 333 g/mol. The first kappa shape index (κ1) is 16.7. The quantitative estimate of drug-likeness (QED) is 0.866. The molecule has 1 heterocycles. The van der Waals surface area contributed by atoms with E-state index in [9.17, 15) is 14.0 Å². The van der Waals surface area contributed by atoms with Crippen LogP contribution in [0.2, 0.25) is 0 Å². The number of nitrogens with one attached hydrogen (secondary N) is 2. The molecule has 6 heteroatoms. The number of rotatable bonds is 5. The Balaban J connectivity index is 1.40. The van der Waals surface area contributed by atoms with Crippen LogP contribution >= 0.6 is 0 Å². The van der Waals surface area contributed by atoms with Crippen LogP contribution < -0.4 is 10.6 Å². The van der Waals surface area contributed by atoms with Gasteiger partial charge >= 0.3 is 6.03 Å². The van der Waals surface area contributed by atoms with Gasteiger partial charge in [0.15, 0.2) is 5.67 Å². The standard InChI is InChI=1S/C18H24FN3O2/c19-18(16(23)21-15-6-7-15)9-12-22(13-10-18)17(24)20-11-8-14-4-2-1-3-5-14/h1-5,15H,6-13H2,(H,20,24)(H,21,23). The first-order valence-electron chi connectivity index (χ1n) is 8.63. The summed E-state index contributed by atoms with van der Waals surface area (Å²) >= 11 is 0. The van der Waals surface area contributed by atoms with Crippen molar-refractivity contribution in [2.75, 3.05) is 19.6 Å². The van der Waals surface area contributed by atoms with Crippen LogP contribution in [0.15, 0.2) is 30.3 Å². The number of carbonyl (C=O) groups excluding carboxylic acids is 2. The summed E-state index contributed by atoms with van der Waals surface area (Å²) in [6.45, 7) is 1.08. The summed E-state index contributed by atoms with van der Waals surface area (Å²) in [7, 11) is 0. The van der Waals surface area contributed by atoms with Crippen LogP contribution in [0.3, 0.4) is 0 Å². The van der Waals surface area contributed by atoms with Crippen molar-refractivity contribution in [2.24, 2.45) is 0 Å². The van der Waals surface area contributed by atoms with Crippen molar-refractivity contribution in [3.8, 4) is 0 Å². The molecule has 130 valence electrons. The molecule has 2 aliphatic rings. The van der Waals surface area contributed by atoms with Crippen molar-refractivity contribution >= 4 is 11.9 Å². The fourth-order valence-electron chi connectivity index (χ4n) is 2.90. The number of alkyl halides is 1. The zero-order chi connectivity index (χ0) is 17.0. The Morgan fingerprint density at radius 2 is 1.83 bits per heavy atom. The highest BCUT2D eigenvalue weighted by Gasteiger charge is 2.44. The highest BCUT2D eigenvalue weighted by molar-refractivity contribution is 5.86. The number of amides is 3. The van der Waals surface area contributed by atoms with Crippen LogP contribution in [-0.2, 0) is 11.2 Å². The van der Waals surface area contributed by atoms with Crippen LogP contribution in [0.5, 0.6) is 0 Å². The molecule has 2 fully saturated rings. The second-order valence-corrected chi connectivity index (χ2v) is 6.67. The topological polar surface area (TPSA) is 61.4 Å². The van der Waals surface area contributed by atoms with Gasteiger partial charge in [-0.15, -0.1) is 0 Å². The first-order valence-corrected chi connectivity index (χ1v) is 8.63. The van der Waals surface area contributed by atoms with Crippen molar-refractivity contribution in [2.45, 2.75) is 43.8 Å². The van der Waals surface area contributed by atoms with E-state index in [-0.39, 0.29) is 38.0 Å². The van der Waals surface area contributed by atoms with E-state index in [0.717, 1.165) is 24.8 Å². The van der Waals surface area contributed by atoms with Crippen molar-refractivity contribution in [1.82, 2.24) is 15.5 Å². The Kier molecular flexibility index (Phi) is 5.02. The van der Waals surface area contributed by atoms with E-state index in [0.29, 0.717) is 6.54 Å². The zero-order valence-corrected chi connectivity index (χ0v) is 13.8. The van der Waals surface area contributed by atoms with Crippen LogP contribution in [0.4, 0.5) is 9.18 Å². The van der Waals surface area contributed by atoms with Crippen molar-refractivity contribution in [3.63, 3.8) is 0 Å². The summed E-state index contributed by atoms with van der Waals surface area (Å²) in [5.41, 5.74) is -0.667. The average Bonchev–Trinajstić information content (AvgIpc) is 3.40. The largest absolute Gasteiger partial charge is 0.351 e. The molecule has 24 heavy (non-hydrogen) atoms. The molecule has 0 atom stereocenters. The summed E-state index contributed by atoms with van der Waals surface area (Å²) in [5.74, 6) is -0.505. The predicted octanol–water partition coefficient (Wildman–Crippen LogP) is 2.02. The molecule has 0 spiro atoms. The van der Waals surface area contributed by atoms with Crippen LogP contribution in [0, 0.1) is 0 Å². The maximum absolute atomic E-state index is 14.7. The second-order valence-electron chi connectivity index (χ2n) is 6.67. The lowest BCUT2D eigenvalue weighted by molar-refractivity contribution is -0.135. The lowest BCUT2D eigenvalue weighted by atomic mass is 9.92. The molecule has 1 saturated heterocycles. The van der Waals surface area contributed by atoms with E-state index in [1.807, 2.05) is 30.3 Å². The second kappa shape index (κ2) is 7.20. The molecule has 0 bridgehead atoms. The van der Waals surface area contributed by atoms with Gasteiger partial charge in [-0.1, -0.05) is 30.3 Å². The molecular weight excluding hydrogens is 309 g/mol. The highest BCUT2D eigenvalue weighted by Crippen LogP contribution is 2.29. The number of nitrogens with zero attached hydrogens (tertiary/aromatic N) is 1. The molecule has 1 aliphatic heterocycles. The molecule has 1 saturated carbocycles. The van der Waals surface area contributed by atoms with E-state index in [4.69, 9.17) is 0 Å². The van der Waals surface area contributed by atoms with Crippen LogP contribution in [-0.4, -0.2) is 48.2 Å². The Labute approximate surface area is 141 Å². The van der Waals surface area contributed by atoms with Crippen molar-refractivity contribution in [1.29, 1.82) is 0 Å².